The number of hydrogen-bond acceptors (Lipinski definition) is 5. The number of carbonyl (C=O) groups excluding carboxylic acids is 1. The first-order chi connectivity index (χ1) is 12.6. The molecule has 140 valence electrons. The number of rotatable bonds is 5. The van der Waals surface area contributed by atoms with Gasteiger partial charge in [-0.1, -0.05) is 12.8 Å². The van der Waals surface area contributed by atoms with Gasteiger partial charge >= 0.3 is 5.97 Å². The third kappa shape index (κ3) is 4.30. The molecule has 0 N–H and O–H groups in total. The summed E-state index contributed by atoms with van der Waals surface area (Å²) in [7, 11) is 0. The van der Waals surface area contributed by atoms with Gasteiger partial charge in [0.05, 0.1) is 29.2 Å². The van der Waals surface area contributed by atoms with Crippen molar-refractivity contribution in [1.29, 1.82) is 0 Å². The Morgan fingerprint density at radius 1 is 1.19 bits per heavy atom. The van der Waals surface area contributed by atoms with Crippen molar-refractivity contribution in [2.24, 2.45) is 0 Å². The zero-order chi connectivity index (χ0) is 18.5. The van der Waals surface area contributed by atoms with Crippen LogP contribution in [-0.4, -0.2) is 34.8 Å². The number of ether oxygens (including phenoxy) is 2. The predicted molar refractivity (Wildman–Crippen MR) is 99.5 cm³/mol. The topological polar surface area (TPSA) is 70.4 Å². The summed E-state index contributed by atoms with van der Waals surface area (Å²) in [5.41, 5.74) is 0.955. The summed E-state index contributed by atoms with van der Waals surface area (Å²) in [6.45, 7) is 5.15. The second-order valence-electron chi connectivity index (χ2n) is 6.94. The molecule has 3 rings (SSSR count). The van der Waals surface area contributed by atoms with E-state index in [0.717, 1.165) is 38.1 Å². The molecule has 2 heterocycles. The quantitative estimate of drug-likeness (QED) is 0.607. The fourth-order valence-electron chi connectivity index (χ4n) is 3.22. The van der Waals surface area contributed by atoms with Crippen molar-refractivity contribution in [1.82, 2.24) is 9.55 Å². The third-order valence-electron chi connectivity index (χ3n) is 4.57. The second-order valence-corrected chi connectivity index (χ2v) is 6.94. The molecule has 1 aliphatic heterocycles. The molecule has 1 aromatic heterocycles. The highest BCUT2D eigenvalue weighted by Crippen LogP contribution is 2.17. The van der Waals surface area contributed by atoms with Crippen molar-refractivity contribution < 1.29 is 14.3 Å². The van der Waals surface area contributed by atoms with Gasteiger partial charge in [-0.15, -0.1) is 0 Å². The highest BCUT2D eigenvalue weighted by atomic mass is 16.6. The number of carbonyl (C=O) groups is 1. The van der Waals surface area contributed by atoms with Gasteiger partial charge in [0.25, 0.3) is 5.56 Å². The van der Waals surface area contributed by atoms with Crippen LogP contribution in [0.4, 0.5) is 0 Å². The molecule has 2 aromatic rings. The molecule has 0 aliphatic carbocycles. The lowest BCUT2D eigenvalue weighted by molar-refractivity contribution is 0.0177. The normalized spacial score (nSPS) is 14.7. The average molecular weight is 358 g/mol. The van der Waals surface area contributed by atoms with Crippen molar-refractivity contribution in [3.05, 3.63) is 39.9 Å². The fourth-order valence-corrected chi connectivity index (χ4v) is 3.22. The van der Waals surface area contributed by atoms with Gasteiger partial charge in [-0.3, -0.25) is 9.36 Å². The van der Waals surface area contributed by atoms with Crippen LogP contribution in [0.5, 0.6) is 0 Å². The van der Waals surface area contributed by atoms with Crippen molar-refractivity contribution >= 4 is 16.9 Å². The third-order valence-corrected chi connectivity index (χ3v) is 4.57. The molecule has 0 unspecified atom stereocenters. The number of aryl methyl sites for hydroxylation is 1. The minimum Gasteiger partial charge on any atom is -0.460 e. The summed E-state index contributed by atoms with van der Waals surface area (Å²) in [6, 6.07) is 4.97. The van der Waals surface area contributed by atoms with Crippen LogP contribution in [0.3, 0.4) is 0 Å². The molecule has 6 nitrogen and oxygen atoms in total. The van der Waals surface area contributed by atoms with Crippen molar-refractivity contribution in [2.75, 3.05) is 13.2 Å². The molecule has 0 saturated heterocycles. The van der Waals surface area contributed by atoms with Crippen molar-refractivity contribution in [2.45, 2.75) is 58.6 Å². The summed E-state index contributed by atoms with van der Waals surface area (Å²) < 4.78 is 12.4. The largest absolute Gasteiger partial charge is 0.460 e. The molecule has 0 amide bonds. The highest BCUT2D eigenvalue weighted by Gasteiger charge is 2.15. The number of hydrogen-bond donors (Lipinski definition) is 0. The van der Waals surface area contributed by atoms with E-state index < -0.39 is 5.97 Å². The molecular weight excluding hydrogens is 332 g/mol. The highest BCUT2D eigenvalue weighted by molar-refractivity contribution is 5.94. The van der Waals surface area contributed by atoms with E-state index in [9.17, 15) is 9.59 Å². The molecule has 0 bridgehead atoms. The van der Waals surface area contributed by atoms with Gasteiger partial charge in [-0.2, -0.15) is 0 Å². The van der Waals surface area contributed by atoms with Crippen LogP contribution in [0.1, 0.15) is 55.7 Å². The first kappa shape index (κ1) is 18.6. The Bertz CT molecular complexity index is 842. The Morgan fingerprint density at radius 3 is 2.81 bits per heavy atom. The summed E-state index contributed by atoms with van der Waals surface area (Å²) in [5, 5.41) is 0.550. The number of aromatic nitrogens is 2. The first-order valence-corrected chi connectivity index (χ1v) is 9.38. The van der Waals surface area contributed by atoms with Crippen LogP contribution in [0, 0.1) is 0 Å². The first-order valence-electron chi connectivity index (χ1n) is 9.38. The number of esters is 1. The molecule has 0 fully saturated rings. The van der Waals surface area contributed by atoms with Crippen LogP contribution in [0.25, 0.3) is 10.9 Å². The molecule has 1 aliphatic rings. The van der Waals surface area contributed by atoms with E-state index in [1.165, 1.54) is 6.42 Å². The van der Waals surface area contributed by atoms with Gasteiger partial charge in [0.1, 0.15) is 12.4 Å². The van der Waals surface area contributed by atoms with Gasteiger partial charge in [-0.25, -0.2) is 9.78 Å². The lowest BCUT2D eigenvalue weighted by atomic mass is 10.1. The smallest absolute Gasteiger partial charge is 0.338 e. The number of benzene rings is 1. The predicted octanol–water partition coefficient (Wildman–Crippen LogP) is 3.09. The van der Waals surface area contributed by atoms with Crippen molar-refractivity contribution in [3.8, 4) is 0 Å². The molecule has 26 heavy (non-hydrogen) atoms. The van der Waals surface area contributed by atoms with Crippen LogP contribution in [0.15, 0.2) is 23.0 Å². The van der Waals surface area contributed by atoms with Gasteiger partial charge in [-0.05, 0) is 44.9 Å². The van der Waals surface area contributed by atoms with Crippen LogP contribution < -0.4 is 5.56 Å². The second kappa shape index (κ2) is 8.45. The lowest BCUT2D eigenvalue weighted by Crippen LogP contribution is -2.26. The summed E-state index contributed by atoms with van der Waals surface area (Å²) in [4.78, 5) is 29.7. The van der Waals surface area contributed by atoms with E-state index in [0.29, 0.717) is 23.1 Å². The Hall–Kier alpha value is -2.21. The van der Waals surface area contributed by atoms with Crippen LogP contribution >= 0.6 is 0 Å². The molecular formula is C20H26N2O4. The van der Waals surface area contributed by atoms with Gasteiger partial charge in [0, 0.05) is 13.0 Å². The molecule has 6 heteroatoms. The van der Waals surface area contributed by atoms with E-state index in [4.69, 9.17) is 9.47 Å². The zero-order valence-electron chi connectivity index (χ0n) is 15.5. The maximum absolute atomic E-state index is 12.8. The SMILES string of the molecule is CC(C)OCCOC(=O)c1ccc2c(=O)n3c(nc2c1)CCCCCC3. The Balaban J connectivity index is 1.83. The van der Waals surface area contributed by atoms with E-state index in [-0.39, 0.29) is 18.3 Å². The van der Waals surface area contributed by atoms with E-state index in [1.54, 1.807) is 22.8 Å². The summed E-state index contributed by atoms with van der Waals surface area (Å²) in [6.07, 6.45) is 5.25. The van der Waals surface area contributed by atoms with Crippen LogP contribution in [0.2, 0.25) is 0 Å². The standard InChI is InChI=1S/C20H26N2O4/c1-14(2)25-11-12-26-20(24)15-8-9-16-17(13-15)21-18-7-5-3-4-6-10-22(18)19(16)23/h8-9,13-14H,3-7,10-12H2,1-2H3. The summed E-state index contributed by atoms with van der Waals surface area (Å²) >= 11 is 0. The zero-order valence-corrected chi connectivity index (χ0v) is 15.5. The number of fused-ring (bicyclic) bond motifs is 2. The molecule has 0 atom stereocenters. The van der Waals surface area contributed by atoms with Gasteiger partial charge in [0.15, 0.2) is 0 Å². The van der Waals surface area contributed by atoms with E-state index >= 15 is 0 Å². The van der Waals surface area contributed by atoms with Gasteiger partial charge < -0.3 is 9.47 Å². The Kier molecular flexibility index (Phi) is 6.04. The maximum Gasteiger partial charge on any atom is 0.338 e. The number of nitrogens with zero attached hydrogens (tertiary/aromatic N) is 2. The summed E-state index contributed by atoms with van der Waals surface area (Å²) in [5.74, 6) is 0.394. The lowest BCUT2D eigenvalue weighted by Gasteiger charge is -2.16. The molecule has 0 saturated carbocycles. The minimum atomic E-state index is -0.423. The maximum atomic E-state index is 12.8. The monoisotopic (exact) mass is 358 g/mol. The van der Waals surface area contributed by atoms with Gasteiger partial charge in [0.2, 0.25) is 0 Å². The average Bonchev–Trinajstić information content (AvgIpc) is 2.59. The van der Waals surface area contributed by atoms with E-state index in [1.807, 2.05) is 13.8 Å². The molecule has 0 spiro atoms. The Morgan fingerprint density at radius 2 is 2.00 bits per heavy atom. The van der Waals surface area contributed by atoms with E-state index in [2.05, 4.69) is 4.98 Å². The van der Waals surface area contributed by atoms with Crippen molar-refractivity contribution in [3.63, 3.8) is 0 Å². The molecule has 0 radical (unpaired) electrons. The van der Waals surface area contributed by atoms with Crippen LogP contribution in [-0.2, 0) is 22.4 Å². The Labute approximate surface area is 153 Å². The fraction of sp³-hybridized carbons (Fsp3) is 0.550. The molecule has 1 aromatic carbocycles. The minimum absolute atomic E-state index is 0.0165.